The second kappa shape index (κ2) is 10.0. The van der Waals surface area contributed by atoms with Gasteiger partial charge in [0, 0.05) is 19.8 Å². The monoisotopic (exact) mass is 460 g/mol. The molecule has 0 aliphatic carbocycles. The van der Waals surface area contributed by atoms with E-state index in [-0.39, 0.29) is 0 Å². The van der Waals surface area contributed by atoms with Crippen LogP contribution in [0, 0.1) is 0 Å². The molecule has 12 heteroatoms. The molecule has 0 spiro atoms. The molecule has 2 atom stereocenters. The van der Waals surface area contributed by atoms with Crippen LogP contribution in [-0.4, -0.2) is 61.1 Å². The van der Waals surface area contributed by atoms with Crippen LogP contribution in [0.2, 0.25) is 58.4 Å². The molecule has 7 nitrogen and oxygen atoms in total. The molecule has 1 N–H and O–H groups in total. The van der Waals surface area contributed by atoms with Crippen molar-refractivity contribution in [2.24, 2.45) is 0 Å². The molecule has 0 aromatic rings. The van der Waals surface area contributed by atoms with E-state index < -0.39 is 43.0 Å². The molecule has 0 saturated heterocycles. The van der Waals surface area contributed by atoms with Gasteiger partial charge in [0.2, 0.25) is 0 Å². The molecule has 0 rings (SSSR count). The van der Waals surface area contributed by atoms with E-state index in [2.05, 4.69) is 6.92 Å². The van der Waals surface area contributed by atoms with Gasteiger partial charge in [0.25, 0.3) is 0 Å². The molecule has 0 aromatic heterocycles. The lowest BCUT2D eigenvalue weighted by atomic mass is 10.9. The van der Waals surface area contributed by atoms with Crippen LogP contribution in [-0.2, 0) is 25.3 Å². The normalized spacial score (nSPS) is 18.5. The van der Waals surface area contributed by atoms with Crippen LogP contribution in [0.1, 0.15) is 20.8 Å². The summed E-state index contributed by atoms with van der Waals surface area (Å²) in [5, 5.41) is 0. The van der Waals surface area contributed by atoms with Crippen LogP contribution in [0.25, 0.3) is 0 Å². The van der Waals surface area contributed by atoms with E-state index in [1.807, 2.05) is 53.1 Å². The molecule has 26 heavy (non-hydrogen) atoms. The Bertz CT molecular complexity index is 432. The Balaban J connectivity index is 5.32. The fraction of sp³-hybridized carbons (Fsp3) is 1.00. The Morgan fingerprint density at radius 3 is 1.46 bits per heavy atom. The van der Waals surface area contributed by atoms with Gasteiger partial charge in [0.05, 0.1) is 0 Å². The van der Waals surface area contributed by atoms with Crippen LogP contribution < -0.4 is 0 Å². The lowest BCUT2D eigenvalue weighted by Crippen LogP contribution is -2.61. The minimum absolute atomic E-state index is 0.501. The van der Waals surface area contributed by atoms with E-state index in [0.717, 1.165) is 6.04 Å². The maximum atomic E-state index is 10.1. The molecule has 0 amide bonds. The molecule has 0 saturated carbocycles. The number of hydrogen-bond donors (Lipinski definition) is 1. The zero-order valence-corrected chi connectivity index (χ0v) is 23.5. The van der Waals surface area contributed by atoms with Crippen molar-refractivity contribution in [2.45, 2.75) is 79.2 Å². The van der Waals surface area contributed by atoms with E-state index in [1.165, 1.54) is 0 Å². The van der Waals surface area contributed by atoms with Gasteiger partial charge in [-0.25, -0.2) is 0 Å². The summed E-state index contributed by atoms with van der Waals surface area (Å²) in [6.45, 7) is 22.3. The molecule has 2 unspecified atom stereocenters. The summed E-state index contributed by atoms with van der Waals surface area (Å²) in [4.78, 5) is 10.1. The first-order chi connectivity index (χ1) is 11.5. The van der Waals surface area contributed by atoms with Crippen LogP contribution in [0.15, 0.2) is 0 Å². The van der Waals surface area contributed by atoms with Crippen LogP contribution in [0.4, 0.5) is 0 Å². The van der Waals surface area contributed by atoms with Crippen molar-refractivity contribution in [1.82, 2.24) is 0 Å². The molecule has 0 bridgehead atoms. The van der Waals surface area contributed by atoms with Crippen molar-refractivity contribution >= 4 is 43.0 Å². The second-order valence-electron chi connectivity index (χ2n) is 7.87. The van der Waals surface area contributed by atoms with Crippen molar-refractivity contribution < 1.29 is 30.1 Å². The average Bonchev–Trinajstić information content (AvgIpc) is 2.32. The minimum Gasteiger partial charge on any atom is -0.416 e. The summed E-state index contributed by atoms with van der Waals surface area (Å²) in [7, 11) is -13.2. The number of hydrogen-bond acceptors (Lipinski definition) is 7. The predicted molar refractivity (Wildman–Crippen MR) is 116 cm³/mol. The van der Waals surface area contributed by atoms with Gasteiger partial charge in [-0.3, -0.25) is 0 Å². The molecule has 0 fully saturated rings. The van der Waals surface area contributed by atoms with Crippen molar-refractivity contribution in [3.63, 3.8) is 0 Å². The summed E-state index contributed by atoms with van der Waals surface area (Å²) < 4.78 is 36.9. The SMILES string of the molecule is CCO[Si](C)(CC)O[Si](C)(OCC)O[Si](C)(C)O[Si](C)(C)O[Si](C)(C)O. The molecule has 0 aliphatic rings. The molecular weight excluding hydrogens is 421 g/mol. The summed E-state index contributed by atoms with van der Waals surface area (Å²) >= 11 is 0. The Kier molecular flexibility index (Phi) is 10.3. The van der Waals surface area contributed by atoms with Crippen LogP contribution in [0.5, 0.6) is 0 Å². The van der Waals surface area contributed by atoms with Gasteiger partial charge in [0.1, 0.15) is 0 Å². The molecule has 0 aliphatic heterocycles. The van der Waals surface area contributed by atoms with E-state index in [4.69, 9.17) is 25.3 Å². The molecule has 158 valence electrons. The second-order valence-corrected chi connectivity index (χ2v) is 24.9. The Morgan fingerprint density at radius 2 is 1.08 bits per heavy atom. The Labute approximate surface area is 165 Å². The lowest BCUT2D eigenvalue weighted by Gasteiger charge is -2.41. The predicted octanol–water partition coefficient (Wildman–Crippen LogP) is 3.88. The first-order valence-electron chi connectivity index (χ1n) is 9.32. The third-order valence-corrected chi connectivity index (χ3v) is 20.9. The smallest absolute Gasteiger partial charge is 0.416 e. The fourth-order valence-corrected chi connectivity index (χ4v) is 23.4. The molecule has 0 heterocycles. The Morgan fingerprint density at radius 1 is 0.615 bits per heavy atom. The van der Waals surface area contributed by atoms with Crippen LogP contribution >= 0.6 is 0 Å². The van der Waals surface area contributed by atoms with E-state index >= 15 is 0 Å². The van der Waals surface area contributed by atoms with Gasteiger partial charge in [0.15, 0.2) is 0 Å². The highest BCUT2D eigenvalue weighted by Gasteiger charge is 2.50. The summed E-state index contributed by atoms with van der Waals surface area (Å²) in [5.74, 6) is 0. The highest BCUT2D eigenvalue weighted by molar-refractivity contribution is 6.88. The van der Waals surface area contributed by atoms with Crippen molar-refractivity contribution in [1.29, 1.82) is 0 Å². The number of rotatable bonds is 13. The zero-order chi connectivity index (χ0) is 20.9. The third-order valence-electron chi connectivity index (χ3n) is 3.32. The van der Waals surface area contributed by atoms with Gasteiger partial charge in [-0.15, -0.1) is 0 Å². The van der Waals surface area contributed by atoms with Crippen molar-refractivity contribution in [3.05, 3.63) is 0 Å². The lowest BCUT2D eigenvalue weighted by molar-refractivity contribution is 0.134. The maximum Gasteiger partial charge on any atom is 0.479 e. The topological polar surface area (TPSA) is 75.6 Å². The van der Waals surface area contributed by atoms with E-state index in [0.29, 0.717) is 13.2 Å². The van der Waals surface area contributed by atoms with Crippen molar-refractivity contribution in [3.8, 4) is 0 Å². The molecule has 0 aromatic carbocycles. The van der Waals surface area contributed by atoms with Gasteiger partial charge in [-0.2, -0.15) is 0 Å². The van der Waals surface area contributed by atoms with E-state index in [1.54, 1.807) is 13.1 Å². The maximum absolute atomic E-state index is 10.1. The third kappa shape index (κ3) is 11.0. The Hall–Kier alpha value is 0.804. The zero-order valence-electron chi connectivity index (χ0n) is 18.5. The quantitative estimate of drug-likeness (QED) is 0.418. The van der Waals surface area contributed by atoms with Gasteiger partial charge in [-0.1, -0.05) is 6.92 Å². The summed E-state index contributed by atoms with van der Waals surface area (Å²) in [5.41, 5.74) is 0. The first-order valence-corrected chi connectivity index (χ1v) is 22.6. The highest BCUT2D eigenvalue weighted by Crippen LogP contribution is 2.27. The fourth-order valence-electron chi connectivity index (χ4n) is 2.92. The molecular formula is C14H40O7Si5. The van der Waals surface area contributed by atoms with Crippen LogP contribution in [0.3, 0.4) is 0 Å². The molecule has 0 radical (unpaired) electrons. The summed E-state index contributed by atoms with van der Waals surface area (Å²) in [6, 6.07) is 0.816. The first kappa shape index (κ1) is 26.8. The van der Waals surface area contributed by atoms with E-state index in [9.17, 15) is 4.80 Å². The van der Waals surface area contributed by atoms with Crippen molar-refractivity contribution in [2.75, 3.05) is 13.2 Å². The standard InChI is InChI=1S/C14H40O7Si5/c1-12-16-25(10,14-3)21-26(11,17-13-2)20-24(8,9)19-23(6,7)18-22(4,5)15/h15H,12-14H2,1-11H3. The van der Waals surface area contributed by atoms with Gasteiger partial charge in [-0.05, 0) is 65.7 Å². The highest BCUT2D eigenvalue weighted by atomic mass is 28.5. The largest absolute Gasteiger partial charge is 0.479 e. The van der Waals surface area contributed by atoms with Gasteiger partial charge >= 0.3 is 43.0 Å². The van der Waals surface area contributed by atoms with Gasteiger partial charge < -0.3 is 30.1 Å². The average molecular weight is 461 g/mol. The summed E-state index contributed by atoms with van der Waals surface area (Å²) in [6.07, 6.45) is 0. The minimum atomic E-state index is -2.95.